The summed E-state index contributed by atoms with van der Waals surface area (Å²) in [5.41, 5.74) is 2.86. The molecule has 0 bridgehead atoms. The van der Waals surface area contributed by atoms with E-state index < -0.39 is 0 Å². The maximum atomic E-state index is 12.5. The number of amides is 1. The largest absolute Gasteiger partial charge is 0.465 e. The Morgan fingerprint density at radius 1 is 1.42 bits per heavy atom. The summed E-state index contributed by atoms with van der Waals surface area (Å²) in [7, 11) is 3.39. The van der Waals surface area contributed by atoms with Crippen LogP contribution in [0.5, 0.6) is 0 Å². The Kier molecular flexibility index (Phi) is 6.11. The highest BCUT2D eigenvalue weighted by Crippen LogP contribution is 2.39. The van der Waals surface area contributed by atoms with E-state index in [0.717, 1.165) is 36.3 Å². The molecule has 0 radical (unpaired) electrons. The van der Waals surface area contributed by atoms with Gasteiger partial charge >= 0.3 is 5.97 Å². The molecule has 2 atom stereocenters. The van der Waals surface area contributed by atoms with Crippen LogP contribution >= 0.6 is 22.7 Å². The molecule has 0 aliphatic heterocycles. The summed E-state index contributed by atoms with van der Waals surface area (Å²) in [6.07, 6.45) is 2.90. The molecular weight excluding hydrogens is 368 g/mol. The second-order valence-electron chi connectivity index (χ2n) is 7.04. The van der Waals surface area contributed by atoms with Crippen molar-refractivity contribution in [3.8, 4) is 0 Å². The number of methoxy groups -OCH3 is 1. The van der Waals surface area contributed by atoms with Crippen molar-refractivity contribution in [2.45, 2.75) is 32.7 Å². The van der Waals surface area contributed by atoms with Gasteiger partial charge in [-0.3, -0.25) is 4.79 Å². The fourth-order valence-electron chi connectivity index (χ4n) is 3.41. The van der Waals surface area contributed by atoms with Crippen LogP contribution in [-0.2, 0) is 28.9 Å². The summed E-state index contributed by atoms with van der Waals surface area (Å²) < 4.78 is 4.97. The van der Waals surface area contributed by atoms with Crippen LogP contribution in [0, 0.1) is 5.92 Å². The van der Waals surface area contributed by atoms with E-state index in [-0.39, 0.29) is 11.9 Å². The first-order chi connectivity index (χ1) is 12.5. The van der Waals surface area contributed by atoms with Gasteiger partial charge in [-0.25, -0.2) is 4.79 Å². The van der Waals surface area contributed by atoms with Crippen molar-refractivity contribution in [2.75, 3.05) is 26.0 Å². The molecule has 5 nitrogen and oxygen atoms in total. The number of esters is 1. The topological polar surface area (TPSA) is 59.8 Å². The van der Waals surface area contributed by atoms with E-state index in [2.05, 4.69) is 23.7 Å². The number of nitrogens with one attached hydrogen (secondary N) is 2. The molecule has 26 heavy (non-hydrogen) atoms. The zero-order valence-electron chi connectivity index (χ0n) is 15.4. The molecule has 2 aromatic heterocycles. The second-order valence-corrected chi connectivity index (χ2v) is 8.92. The van der Waals surface area contributed by atoms with Gasteiger partial charge in [0.2, 0.25) is 0 Å². The van der Waals surface area contributed by atoms with Crippen molar-refractivity contribution in [1.82, 2.24) is 0 Å². The zero-order valence-corrected chi connectivity index (χ0v) is 17.0. The number of quaternary nitrogens is 1. The minimum atomic E-state index is -0.355. The summed E-state index contributed by atoms with van der Waals surface area (Å²) in [5, 5.41) is 7.76. The standard InChI is InChI=1S/C19H24N2O3S2/c1-12-4-5-14-15(8-12)26-18(17(14)19(23)24-3)20-16(22)10-21(2)9-13-6-7-25-11-13/h6-7,11-12H,4-5,8-10H2,1-3H3,(H,20,22)/p+1/t12-/m1/s1. The number of thiophene rings is 2. The highest BCUT2D eigenvalue weighted by atomic mass is 32.1. The SMILES string of the molecule is COC(=O)c1c(NC(=O)C[NH+](C)Cc2ccsc2)sc2c1CC[C@@H](C)C2. The van der Waals surface area contributed by atoms with Crippen molar-refractivity contribution in [3.05, 3.63) is 38.4 Å². The van der Waals surface area contributed by atoms with Crippen LogP contribution in [0.25, 0.3) is 0 Å². The third kappa shape index (κ3) is 4.34. The predicted molar refractivity (Wildman–Crippen MR) is 105 cm³/mol. The molecule has 3 rings (SSSR count). The Labute approximate surface area is 162 Å². The highest BCUT2D eigenvalue weighted by molar-refractivity contribution is 7.17. The Bertz CT molecular complexity index is 783. The molecule has 0 saturated heterocycles. The van der Waals surface area contributed by atoms with Gasteiger partial charge in [0.15, 0.2) is 6.54 Å². The first-order valence-electron chi connectivity index (χ1n) is 8.83. The number of carbonyl (C=O) groups is 2. The van der Waals surface area contributed by atoms with Crippen LogP contribution in [0.2, 0.25) is 0 Å². The van der Waals surface area contributed by atoms with Gasteiger partial charge in [0.05, 0.1) is 19.7 Å². The van der Waals surface area contributed by atoms with Crippen LogP contribution in [0.3, 0.4) is 0 Å². The van der Waals surface area contributed by atoms with Crippen molar-refractivity contribution in [1.29, 1.82) is 0 Å². The molecule has 0 fully saturated rings. The molecule has 2 aromatic rings. The van der Waals surface area contributed by atoms with Gasteiger partial charge in [-0.2, -0.15) is 11.3 Å². The number of hydrogen-bond acceptors (Lipinski definition) is 5. The number of rotatable bonds is 6. The number of carbonyl (C=O) groups excluding carboxylic acids is 2. The third-order valence-electron chi connectivity index (χ3n) is 4.70. The minimum absolute atomic E-state index is 0.0745. The van der Waals surface area contributed by atoms with E-state index in [1.54, 1.807) is 11.3 Å². The lowest BCUT2D eigenvalue weighted by Gasteiger charge is -2.18. The number of anilines is 1. The van der Waals surface area contributed by atoms with Gasteiger partial charge in [0.25, 0.3) is 5.91 Å². The first-order valence-corrected chi connectivity index (χ1v) is 10.6. The van der Waals surface area contributed by atoms with E-state index in [1.807, 2.05) is 12.4 Å². The van der Waals surface area contributed by atoms with Gasteiger partial charge in [0.1, 0.15) is 11.5 Å². The fraction of sp³-hybridized carbons (Fsp3) is 0.474. The number of fused-ring (bicyclic) bond motifs is 1. The lowest BCUT2D eigenvalue weighted by Crippen LogP contribution is -3.08. The van der Waals surface area contributed by atoms with E-state index in [4.69, 9.17) is 4.74 Å². The molecule has 2 N–H and O–H groups in total. The van der Waals surface area contributed by atoms with Gasteiger partial charge in [-0.05, 0) is 47.6 Å². The van der Waals surface area contributed by atoms with Crippen molar-refractivity contribution in [2.24, 2.45) is 5.92 Å². The average molecular weight is 394 g/mol. The molecule has 0 saturated carbocycles. The average Bonchev–Trinajstić information content (AvgIpc) is 3.20. The molecule has 1 amide bonds. The summed E-state index contributed by atoms with van der Waals surface area (Å²) in [6, 6.07) is 2.08. The maximum Gasteiger partial charge on any atom is 0.341 e. The zero-order chi connectivity index (χ0) is 18.7. The molecule has 1 unspecified atom stereocenters. The monoisotopic (exact) mass is 393 g/mol. The van der Waals surface area contributed by atoms with Crippen LogP contribution in [0.1, 0.15) is 39.7 Å². The summed E-state index contributed by atoms with van der Waals surface area (Å²) >= 11 is 3.19. The first kappa shape index (κ1) is 19.1. The minimum Gasteiger partial charge on any atom is -0.465 e. The van der Waals surface area contributed by atoms with Gasteiger partial charge < -0.3 is 15.0 Å². The third-order valence-corrected chi connectivity index (χ3v) is 6.60. The molecule has 0 aromatic carbocycles. The van der Waals surface area contributed by atoms with E-state index in [1.165, 1.54) is 28.9 Å². The van der Waals surface area contributed by atoms with Crippen LogP contribution < -0.4 is 10.2 Å². The molecule has 140 valence electrons. The second kappa shape index (κ2) is 8.33. The van der Waals surface area contributed by atoms with E-state index >= 15 is 0 Å². The molecular formula is C19H25N2O3S2+. The number of likely N-dealkylation sites (N-methyl/N-ethyl adjacent to an activating group) is 1. The van der Waals surface area contributed by atoms with Gasteiger partial charge in [-0.15, -0.1) is 11.3 Å². The van der Waals surface area contributed by atoms with E-state index in [9.17, 15) is 9.59 Å². The van der Waals surface area contributed by atoms with Crippen molar-refractivity contribution in [3.63, 3.8) is 0 Å². The molecule has 0 spiro atoms. The normalized spacial score (nSPS) is 17.4. The summed E-state index contributed by atoms with van der Waals surface area (Å²) in [4.78, 5) is 27.1. The Balaban J connectivity index is 1.72. The Morgan fingerprint density at radius 3 is 2.92 bits per heavy atom. The van der Waals surface area contributed by atoms with Gasteiger partial charge in [0, 0.05) is 10.4 Å². The summed E-state index contributed by atoms with van der Waals surface area (Å²) in [6.45, 7) is 3.39. The smallest absolute Gasteiger partial charge is 0.341 e. The maximum absolute atomic E-state index is 12.5. The predicted octanol–water partition coefficient (Wildman–Crippen LogP) is 2.37. The highest BCUT2D eigenvalue weighted by Gasteiger charge is 2.29. The Morgan fingerprint density at radius 2 is 2.23 bits per heavy atom. The van der Waals surface area contributed by atoms with Gasteiger partial charge in [-0.1, -0.05) is 6.92 Å². The van der Waals surface area contributed by atoms with Crippen molar-refractivity contribution < 1.29 is 19.2 Å². The lowest BCUT2D eigenvalue weighted by atomic mass is 9.88. The van der Waals surface area contributed by atoms with Crippen LogP contribution in [0.15, 0.2) is 16.8 Å². The van der Waals surface area contributed by atoms with Crippen LogP contribution in [-0.4, -0.2) is 32.6 Å². The molecule has 1 aliphatic carbocycles. The van der Waals surface area contributed by atoms with E-state index in [0.29, 0.717) is 23.0 Å². The summed E-state index contributed by atoms with van der Waals surface area (Å²) in [5.74, 6) is 0.178. The molecule has 1 aliphatic rings. The Hall–Kier alpha value is -1.70. The van der Waals surface area contributed by atoms with Crippen LogP contribution in [0.4, 0.5) is 5.00 Å². The fourth-order valence-corrected chi connectivity index (χ4v) is 5.49. The lowest BCUT2D eigenvalue weighted by molar-refractivity contribution is -0.885. The number of hydrogen-bond donors (Lipinski definition) is 2. The molecule has 7 heteroatoms. The quantitative estimate of drug-likeness (QED) is 0.741. The van der Waals surface area contributed by atoms with Crippen molar-refractivity contribution >= 4 is 39.6 Å². The number of ether oxygens (including phenoxy) is 1. The molecule has 2 heterocycles.